The van der Waals surface area contributed by atoms with E-state index < -0.39 is 12.3 Å². The van der Waals surface area contributed by atoms with Gasteiger partial charge in [-0.25, -0.2) is 5.43 Å². The van der Waals surface area contributed by atoms with Gasteiger partial charge in [0.05, 0.1) is 16.1 Å². The predicted octanol–water partition coefficient (Wildman–Crippen LogP) is 4.71. The lowest BCUT2D eigenvalue weighted by Gasteiger charge is -2.26. The molecule has 156 valence electrons. The van der Waals surface area contributed by atoms with Crippen molar-refractivity contribution >= 4 is 40.6 Å². The van der Waals surface area contributed by atoms with E-state index >= 15 is 0 Å². The van der Waals surface area contributed by atoms with Gasteiger partial charge in [-0.05, 0) is 29.8 Å². The van der Waals surface area contributed by atoms with Crippen LogP contribution in [0.25, 0.3) is 0 Å². The molecule has 0 spiro atoms. The van der Waals surface area contributed by atoms with E-state index in [9.17, 15) is 5.11 Å². The van der Waals surface area contributed by atoms with Crippen LogP contribution < -0.4 is 21.2 Å². The van der Waals surface area contributed by atoms with Crippen molar-refractivity contribution < 1.29 is 9.94 Å². The number of hydrogen-bond donors (Lipinski definition) is 5. The van der Waals surface area contributed by atoms with Gasteiger partial charge in [-0.3, -0.25) is 5.41 Å². The largest absolute Gasteiger partial charge is 0.394 e. The van der Waals surface area contributed by atoms with Crippen LogP contribution in [0.2, 0.25) is 15.1 Å². The first-order chi connectivity index (χ1) is 14.4. The maximum atomic E-state index is 10.8. The molecule has 5 N–H and O–H groups in total. The van der Waals surface area contributed by atoms with Crippen LogP contribution in [-0.4, -0.2) is 17.2 Å². The quantitative estimate of drug-likeness (QED) is 0.144. The van der Waals surface area contributed by atoms with Crippen LogP contribution in [-0.2, 0) is 0 Å². The van der Waals surface area contributed by atoms with Gasteiger partial charge in [-0.2, -0.15) is 0 Å². The molecule has 2 unspecified atom stereocenters. The fourth-order valence-corrected chi connectivity index (χ4v) is 3.14. The molecule has 0 aromatic heterocycles. The summed E-state index contributed by atoms with van der Waals surface area (Å²) < 4.78 is 0. The van der Waals surface area contributed by atoms with Gasteiger partial charge < -0.3 is 15.3 Å². The maximum absolute atomic E-state index is 10.8. The number of amidine groups is 1. The minimum Gasteiger partial charge on any atom is -0.394 e. The predicted molar refractivity (Wildman–Crippen MR) is 120 cm³/mol. The first-order valence-electron chi connectivity index (χ1n) is 8.90. The Morgan fingerprint density at radius 2 is 1.67 bits per heavy atom. The molecule has 0 bridgehead atoms. The third-order valence-corrected chi connectivity index (χ3v) is 5.13. The van der Waals surface area contributed by atoms with Gasteiger partial charge in [0, 0.05) is 16.7 Å². The molecular formula is C21H19Cl3N4O2. The molecule has 0 saturated heterocycles. The molecule has 0 fully saturated rings. The standard InChI is InChI=1S/C21H19Cl3N4O2/c22-15-8-4-7-14(11-15)19(21(29)26-20(25)13-5-2-1-3-6-13)27-28-30-16-9-10-17(23)18(24)12-16/h1-12,19,21,27-29H,(H2,25,26). The molecule has 3 rings (SSSR count). The van der Waals surface area contributed by atoms with Gasteiger partial charge in [-0.1, -0.05) is 82.9 Å². The summed E-state index contributed by atoms with van der Waals surface area (Å²) in [6, 6.07) is 20.1. The van der Waals surface area contributed by atoms with Crippen LogP contribution in [0.4, 0.5) is 0 Å². The molecule has 30 heavy (non-hydrogen) atoms. The molecule has 0 radical (unpaired) electrons. The lowest BCUT2D eigenvalue weighted by atomic mass is 10.1. The number of hydrazine groups is 1. The normalized spacial score (nSPS) is 12.8. The molecule has 3 aromatic carbocycles. The van der Waals surface area contributed by atoms with E-state index in [1.807, 2.05) is 18.2 Å². The Bertz CT molecular complexity index is 1000. The molecule has 6 nitrogen and oxygen atoms in total. The second kappa shape index (κ2) is 10.6. The van der Waals surface area contributed by atoms with Crippen molar-refractivity contribution in [1.82, 2.24) is 16.3 Å². The van der Waals surface area contributed by atoms with Gasteiger partial charge in [-0.15, -0.1) is 0 Å². The summed E-state index contributed by atoms with van der Waals surface area (Å²) in [5, 5.41) is 23.0. The molecule has 2 atom stereocenters. The smallest absolute Gasteiger partial charge is 0.150 e. The summed E-state index contributed by atoms with van der Waals surface area (Å²) in [4.78, 5) is 5.43. The second-order valence-corrected chi connectivity index (χ2v) is 7.54. The molecule has 0 aliphatic carbocycles. The Morgan fingerprint density at radius 1 is 0.900 bits per heavy atom. The first-order valence-corrected chi connectivity index (χ1v) is 10.0. The summed E-state index contributed by atoms with van der Waals surface area (Å²) in [6.45, 7) is 0. The Kier molecular flexibility index (Phi) is 7.93. The number of nitrogens with one attached hydrogen (secondary N) is 4. The Balaban J connectivity index is 1.71. The van der Waals surface area contributed by atoms with Gasteiger partial charge in [0.2, 0.25) is 0 Å². The van der Waals surface area contributed by atoms with Gasteiger partial charge in [0.1, 0.15) is 12.1 Å². The zero-order chi connectivity index (χ0) is 21.5. The molecule has 0 aliphatic heterocycles. The van der Waals surface area contributed by atoms with E-state index in [-0.39, 0.29) is 5.84 Å². The highest BCUT2D eigenvalue weighted by Gasteiger charge is 2.23. The van der Waals surface area contributed by atoms with E-state index in [1.165, 1.54) is 0 Å². The minimum atomic E-state index is -1.18. The zero-order valence-corrected chi connectivity index (χ0v) is 17.8. The highest BCUT2D eigenvalue weighted by atomic mass is 35.5. The third kappa shape index (κ3) is 6.09. The highest BCUT2D eigenvalue weighted by Crippen LogP contribution is 2.26. The summed E-state index contributed by atoms with van der Waals surface area (Å²) in [7, 11) is 0. The molecule has 0 heterocycles. The number of halogens is 3. The highest BCUT2D eigenvalue weighted by molar-refractivity contribution is 6.42. The fourth-order valence-electron chi connectivity index (χ4n) is 2.66. The monoisotopic (exact) mass is 464 g/mol. The van der Waals surface area contributed by atoms with Crippen molar-refractivity contribution in [2.24, 2.45) is 0 Å². The topological polar surface area (TPSA) is 89.4 Å². The van der Waals surface area contributed by atoms with Crippen LogP contribution in [0.5, 0.6) is 5.75 Å². The van der Waals surface area contributed by atoms with Gasteiger partial charge in [0.15, 0.2) is 5.75 Å². The molecule has 3 aromatic rings. The minimum absolute atomic E-state index is 0.0716. The van der Waals surface area contributed by atoms with E-state index in [2.05, 4.69) is 16.3 Å². The number of rotatable bonds is 8. The lowest BCUT2D eigenvalue weighted by molar-refractivity contribution is 0.0595. The van der Waals surface area contributed by atoms with Crippen LogP contribution in [0.15, 0.2) is 72.8 Å². The lowest BCUT2D eigenvalue weighted by Crippen LogP contribution is -2.49. The number of aliphatic hydroxyl groups is 1. The van der Waals surface area contributed by atoms with E-state index in [0.29, 0.717) is 31.9 Å². The van der Waals surface area contributed by atoms with Crippen LogP contribution in [0.1, 0.15) is 17.2 Å². The van der Waals surface area contributed by atoms with Crippen LogP contribution in [0.3, 0.4) is 0 Å². The van der Waals surface area contributed by atoms with E-state index in [1.54, 1.807) is 54.6 Å². The summed E-state index contributed by atoms with van der Waals surface area (Å²) >= 11 is 18.0. The summed E-state index contributed by atoms with van der Waals surface area (Å²) in [5.41, 5.74) is 6.80. The zero-order valence-electron chi connectivity index (χ0n) is 15.6. The molecule has 0 amide bonds. The summed E-state index contributed by atoms with van der Waals surface area (Å²) in [5.74, 6) is 0.489. The van der Waals surface area contributed by atoms with E-state index in [0.717, 1.165) is 0 Å². The van der Waals surface area contributed by atoms with Crippen LogP contribution >= 0.6 is 34.8 Å². The average Bonchev–Trinajstić information content (AvgIpc) is 2.74. The molecule has 0 aliphatic rings. The second-order valence-electron chi connectivity index (χ2n) is 6.29. The van der Waals surface area contributed by atoms with E-state index in [4.69, 9.17) is 45.0 Å². The van der Waals surface area contributed by atoms with Crippen LogP contribution in [0, 0.1) is 5.41 Å². The first kappa shape index (κ1) is 22.4. The molecule has 9 heteroatoms. The third-order valence-electron chi connectivity index (χ3n) is 4.15. The average molecular weight is 466 g/mol. The van der Waals surface area contributed by atoms with Gasteiger partial charge in [0.25, 0.3) is 0 Å². The van der Waals surface area contributed by atoms with Gasteiger partial charge >= 0.3 is 0 Å². The summed E-state index contributed by atoms with van der Waals surface area (Å²) in [6.07, 6.45) is -1.18. The Hall–Kier alpha value is -2.32. The number of aliphatic hydroxyl groups excluding tert-OH is 1. The maximum Gasteiger partial charge on any atom is 0.150 e. The Morgan fingerprint density at radius 3 is 2.37 bits per heavy atom. The Labute approximate surface area is 189 Å². The fraction of sp³-hybridized carbons (Fsp3) is 0.0952. The SMILES string of the molecule is N=C(NC(O)C(NNOc1ccc(Cl)c(Cl)c1)c1cccc(Cl)c1)c1ccccc1. The molecule has 0 saturated carbocycles. The van der Waals surface area contributed by atoms with Crippen molar-refractivity contribution in [2.75, 3.05) is 0 Å². The van der Waals surface area contributed by atoms with Crippen molar-refractivity contribution in [3.8, 4) is 5.75 Å². The molecular weight excluding hydrogens is 447 g/mol. The number of hydrogen-bond acceptors (Lipinski definition) is 5. The van der Waals surface area contributed by atoms with Crippen molar-refractivity contribution in [1.29, 1.82) is 5.41 Å². The number of benzene rings is 3. The van der Waals surface area contributed by atoms with Crippen molar-refractivity contribution in [2.45, 2.75) is 12.3 Å². The van der Waals surface area contributed by atoms with Crippen molar-refractivity contribution in [3.63, 3.8) is 0 Å². The van der Waals surface area contributed by atoms with Crippen molar-refractivity contribution in [3.05, 3.63) is 99.0 Å².